The monoisotopic (exact) mass is 319 g/mol. The van der Waals surface area contributed by atoms with Gasteiger partial charge in [-0.05, 0) is 49.6 Å². The predicted molar refractivity (Wildman–Crippen MR) is 92.6 cm³/mol. The van der Waals surface area contributed by atoms with Gasteiger partial charge >= 0.3 is 0 Å². The van der Waals surface area contributed by atoms with Crippen molar-refractivity contribution in [2.24, 2.45) is 5.92 Å². The van der Waals surface area contributed by atoms with Gasteiger partial charge in [-0.3, -0.25) is 14.7 Å². The fourth-order valence-electron chi connectivity index (χ4n) is 5.21. The Hall–Kier alpha value is -2.20. The SMILES string of the molecule is O=C1N(c2ccccc2)C[C@@H]2C[C@@H](c3cccnc3)N3CCC[C@@]123. The molecule has 1 aromatic heterocycles. The number of anilines is 1. The van der Waals surface area contributed by atoms with Crippen LogP contribution in [0.1, 0.15) is 30.9 Å². The smallest absolute Gasteiger partial charge is 0.247 e. The summed E-state index contributed by atoms with van der Waals surface area (Å²) in [6, 6.07) is 14.6. The van der Waals surface area contributed by atoms with Gasteiger partial charge in [0.25, 0.3) is 0 Å². The number of hydrogen-bond donors (Lipinski definition) is 0. The summed E-state index contributed by atoms with van der Waals surface area (Å²) < 4.78 is 0. The van der Waals surface area contributed by atoms with Crippen LogP contribution in [0.2, 0.25) is 0 Å². The van der Waals surface area contributed by atoms with Crippen molar-refractivity contribution < 1.29 is 4.79 Å². The summed E-state index contributed by atoms with van der Waals surface area (Å²) in [5.74, 6) is 0.723. The third-order valence-electron chi connectivity index (χ3n) is 6.18. The minimum atomic E-state index is -0.281. The third-order valence-corrected chi connectivity index (χ3v) is 6.18. The highest BCUT2D eigenvalue weighted by Crippen LogP contribution is 2.56. The second-order valence-corrected chi connectivity index (χ2v) is 7.21. The molecule has 0 N–H and O–H groups in total. The molecular formula is C20H21N3O. The number of pyridine rings is 1. The van der Waals surface area contributed by atoms with Crippen LogP contribution in [0, 0.1) is 5.92 Å². The van der Waals surface area contributed by atoms with Gasteiger partial charge in [-0.2, -0.15) is 0 Å². The van der Waals surface area contributed by atoms with Gasteiger partial charge in [0.2, 0.25) is 5.91 Å². The summed E-state index contributed by atoms with van der Waals surface area (Å²) in [5.41, 5.74) is 2.01. The van der Waals surface area contributed by atoms with E-state index in [9.17, 15) is 4.79 Å². The Morgan fingerprint density at radius 3 is 2.79 bits per heavy atom. The van der Waals surface area contributed by atoms with Crippen LogP contribution in [-0.4, -0.2) is 34.4 Å². The second-order valence-electron chi connectivity index (χ2n) is 7.21. The maximum absolute atomic E-state index is 13.4. The summed E-state index contributed by atoms with van der Waals surface area (Å²) in [7, 11) is 0. The highest BCUT2D eigenvalue weighted by atomic mass is 16.2. The summed E-state index contributed by atoms with van der Waals surface area (Å²) in [6.45, 7) is 1.86. The zero-order chi connectivity index (χ0) is 16.1. The lowest BCUT2D eigenvalue weighted by Crippen LogP contribution is -2.49. The first-order chi connectivity index (χ1) is 11.8. The molecule has 0 saturated carbocycles. The largest absolute Gasteiger partial charge is 0.310 e. The molecule has 3 atom stereocenters. The number of hydrogen-bond acceptors (Lipinski definition) is 3. The Morgan fingerprint density at radius 2 is 2.00 bits per heavy atom. The molecular weight excluding hydrogens is 298 g/mol. The van der Waals surface area contributed by atoms with Crippen molar-refractivity contribution in [3.63, 3.8) is 0 Å². The van der Waals surface area contributed by atoms with Gasteiger partial charge in [0.1, 0.15) is 5.54 Å². The van der Waals surface area contributed by atoms with E-state index in [1.807, 2.05) is 53.7 Å². The molecule has 0 bridgehead atoms. The van der Waals surface area contributed by atoms with Gasteiger partial charge in [0.15, 0.2) is 0 Å². The standard InChI is InChI=1S/C20H21N3O/c24-19-20-9-5-11-23(20)18(15-6-4-10-21-13-15)12-16(20)14-22(19)17-7-2-1-3-8-17/h1-4,6-8,10,13,16,18H,5,9,11-12,14H2/t16-,18-,20-/m0/s1. The van der Waals surface area contributed by atoms with Crippen LogP contribution in [0.5, 0.6) is 0 Å². The van der Waals surface area contributed by atoms with Crippen molar-refractivity contribution in [1.82, 2.24) is 9.88 Å². The molecule has 4 heterocycles. The number of aromatic nitrogens is 1. The van der Waals surface area contributed by atoms with Crippen molar-refractivity contribution in [2.45, 2.75) is 30.8 Å². The molecule has 3 aliphatic heterocycles. The quantitative estimate of drug-likeness (QED) is 0.854. The topological polar surface area (TPSA) is 36.4 Å². The maximum atomic E-state index is 13.4. The second kappa shape index (κ2) is 5.15. The molecule has 5 rings (SSSR count). The van der Waals surface area contributed by atoms with E-state index >= 15 is 0 Å². The molecule has 24 heavy (non-hydrogen) atoms. The first-order valence-corrected chi connectivity index (χ1v) is 8.84. The lowest BCUT2D eigenvalue weighted by Gasteiger charge is -2.33. The van der Waals surface area contributed by atoms with Crippen molar-refractivity contribution in [3.8, 4) is 0 Å². The molecule has 0 radical (unpaired) electrons. The highest BCUT2D eigenvalue weighted by molar-refractivity contribution is 6.03. The Labute approximate surface area is 142 Å². The number of benzene rings is 1. The van der Waals surface area contributed by atoms with Gasteiger partial charge in [0, 0.05) is 36.6 Å². The van der Waals surface area contributed by atoms with Crippen molar-refractivity contribution in [2.75, 3.05) is 18.0 Å². The molecule has 1 amide bonds. The molecule has 3 saturated heterocycles. The number of nitrogens with zero attached hydrogens (tertiary/aromatic N) is 3. The van der Waals surface area contributed by atoms with Crippen molar-refractivity contribution in [1.29, 1.82) is 0 Å². The van der Waals surface area contributed by atoms with E-state index in [-0.39, 0.29) is 5.54 Å². The van der Waals surface area contributed by atoms with Crippen LogP contribution < -0.4 is 4.90 Å². The fourth-order valence-corrected chi connectivity index (χ4v) is 5.21. The molecule has 0 unspecified atom stereocenters. The van der Waals surface area contributed by atoms with E-state index in [1.54, 1.807) is 0 Å². The van der Waals surface area contributed by atoms with Crippen molar-refractivity contribution >= 4 is 11.6 Å². The van der Waals surface area contributed by atoms with E-state index < -0.39 is 0 Å². The van der Waals surface area contributed by atoms with Crippen LogP contribution in [0.25, 0.3) is 0 Å². The highest BCUT2D eigenvalue weighted by Gasteiger charge is 2.65. The number of rotatable bonds is 2. The fraction of sp³-hybridized carbons (Fsp3) is 0.400. The molecule has 3 aliphatic rings. The minimum absolute atomic E-state index is 0.281. The zero-order valence-electron chi connectivity index (χ0n) is 13.6. The van der Waals surface area contributed by atoms with Crippen LogP contribution in [0.15, 0.2) is 54.9 Å². The van der Waals surface area contributed by atoms with Crippen LogP contribution in [0.3, 0.4) is 0 Å². The van der Waals surface area contributed by atoms with E-state index in [2.05, 4.69) is 16.0 Å². The third kappa shape index (κ3) is 1.77. The molecule has 3 fully saturated rings. The molecule has 4 nitrogen and oxygen atoms in total. The van der Waals surface area contributed by atoms with Gasteiger partial charge in [-0.1, -0.05) is 24.3 Å². The Kier molecular flexibility index (Phi) is 3.04. The van der Waals surface area contributed by atoms with E-state index in [4.69, 9.17) is 0 Å². The lowest BCUT2D eigenvalue weighted by molar-refractivity contribution is -0.126. The van der Waals surface area contributed by atoms with Gasteiger partial charge < -0.3 is 4.90 Å². The van der Waals surface area contributed by atoms with Gasteiger partial charge in [0.05, 0.1) is 0 Å². The zero-order valence-corrected chi connectivity index (χ0v) is 13.6. The Bertz CT molecular complexity index is 763. The number of para-hydroxylation sites is 1. The van der Waals surface area contributed by atoms with E-state index in [0.717, 1.165) is 38.0 Å². The molecule has 1 spiro atoms. The average Bonchev–Trinajstić information content (AvgIpc) is 3.27. The van der Waals surface area contributed by atoms with Crippen LogP contribution >= 0.6 is 0 Å². The van der Waals surface area contributed by atoms with Gasteiger partial charge in [-0.15, -0.1) is 0 Å². The number of amides is 1. The van der Waals surface area contributed by atoms with Crippen molar-refractivity contribution in [3.05, 3.63) is 60.4 Å². The van der Waals surface area contributed by atoms with Gasteiger partial charge in [-0.25, -0.2) is 0 Å². The summed E-state index contributed by atoms with van der Waals surface area (Å²) in [4.78, 5) is 22.2. The maximum Gasteiger partial charge on any atom is 0.247 e. The molecule has 1 aromatic carbocycles. The normalized spacial score (nSPS) is 32.2. The van der Waals surface area contributed by atoms with Crippen LogP contribution in [-0.2, 0) is 4.79 Å². The molecule has 4 heteroatoms. The minimum Gasteiger partial charge on any atom is -0.310 e. The molecule has 2 aromatic rings. The number of carbonyl (C=O) groups is 1. The first kappa shape index (κ1) is 14.2. The Balaban J connectivity index is 1.52. The Morgan fingerprint density at radius 1 is 1.12 bits per heavy atom. The summed E-state index contributed by atoms with van der Waals surface area (Å²) >= 11 is 0. The molecule has 122 valence electrons. The molecule has 0 aliphatic carbocycles. The van der Waals surface area contributed by atoms with E-state index in [0.29, 0.717) is 17.9 Å². The van der Waals surface area contributed by atoms with E-state index in [1.165, 1.54) is 5.56 Å². The summed E-state index contributed by atoms with van der Waals surface area (Å²) in [5, 5.41) is 0. The average molecular weight is 319 g/mol. The van der Waals surface area contributed by atoms with Crippen LogP contribution in [0.4, 0.5) is 5.69 Å². The number of carbonyl (C=O) groups excluding carboxylic acids is 1. The predicted octanol–water partition coefficient (Wildman–Crippen LogP) is 3.02. The summed E-state index contributed by atoms with van der Waals surface area (Å²) in [6.07, 6.45) is 6.96. The first-order valence-electron chi connectivity index (χ1n) is 8.84. The lowest BCUT2D eigenvalue weighted by atomic mass is 9.85.